The fraction of sp³-hybridized carbons (Fsp3) is 0.500. The molecule has 3 rings (SSSR count). The highest BCUT2D eigenvalue weighted by Gasteiger charge is 2.44. The van der Waals surface area contributed by atoms with Crippen LogP contribution in [0.25, 0.3) is 0 Å². The van der Waals surface area contributed by atoms with Gasteiger partial charge in [0.05, 0.1) is 0 Å². The van der Waals surface area contributed by atoms with Crippen molar-refractivity contribution in [2.24, 2.45) is 11.7 Å². The largest absolute Gasteiger partial charge is 0.490 e. The first-order chi connectivity index (χ1) is 15.5. The van der Waals surface area contributed by atoms with E-state index in [2.05, 4.69) is 5.32 Å². The zero-order chi connectivity index (χ0) is 24.6. The minimum atomic E-state index is -5.08. The van der Waals surface area contributed by atoms with Gasteiger partial charge in [-0.3, -0.25) is 9.59 Å². The lowest BCUT2D eigenvalue weighted by molar-refractivity contribution is -0.192. The van der Waals surface area contributed by atoms with Crippen LogP contribution in [0.3, 0.4) is 0 Å². The molecule has 0 aliphatic carbocycles. The lowest BCUT2D eigenvalue weighted by Gasteiger charge is -2.35. The van der Waals surface area contributed by atoms with E-state index in [9.17, 15) is 22.8 Å². The Labute approximate surface area is 189 Å². The molecule has 0 saturated carbocycles. The van der Waals surface area contributed by atoms with E-state index < -0.39 is 23.7 Å². The number of hydrogen-bond donors (Lipinski definition) is 3. The van der Waals surface area contributed by atoms with Crippen molar-refractivity contribution < 1.29 is 37.4 Å². The minimum Gasteiger partial charge on any atom is -0.475 e. The van der Waals surface area contributed by atoms with E-state index in [0.29, 0.717) is 26.1 Å². The molecule has 2 heterocycles. The third-order valence-corrected chi connectivity index (χ3v) is 5.57. The number of amides is 2. The number of alkyl halides is 3. The predicted octanol–water partition coefficient (Wildman–Crippen LogP) is 2.03. The summed E-state index contributed by atoms with van der Waals surface area (Å²) in [6, 6.07) is 7.95. The van der Waals surface area contributed by atoms with Crippen molar-refractivity contribution in [2.45, 2.75) is 38.0 Å². The van der Waals surface area contributed by atoms with Gasteiger partial charge in [-0.1, -0.05) is 31.2 Å². The van der Waals surface area contributed by atoms with Crippen molar-refractivity contribution in [2.75, 3.05) is 31.1 Å². The van der Waals surface area contributed by atoms with Gasteiger partial charge in [0.25, 0.3) is 11.8 Å². The number of nitrogens with two attached hydrogens (primary N) is 1. The summed E-state index contributed by atoms with van der Waals surface area (Å²) in [6.07, 6.45) is 0.630. The van der Waals surface area contributed by atoms with Crippen LogP contribution in [-0.4, -0.2) is 60.9 Å². The Kier molecular flexibility index (Phi) is 9.00. The van der Waals surface area contributed by atoms with Crippen LogP contribution in [-0.2, 0) is 25.5 Å². The number of nitrogens with one attached hydrogen (secondary N) is 1. The smallest absolute Gasteiger partial charge is 0.475 e. The molecule has 1 fully saturated rings. The second-order valence-electron chi connectivity index (χ2n) is 7.68. The number of anilines is 1. The van der Waals surface area contributed by atoms with Crippen LogP contribution >= 0.6 is 0 Å². The molecule has 1 saturated heterocycles. The number of hydrogen-bond acceptors (Lipinski definition) is 5. The molecule has 0 spiro atoms. The number of carbonyl (C=O) groups is 3. The first kappa shape index (κ1) is 26.3. The third kappa shape index (κ3) is 6.55. The molecule has 1 aromatic rings. The zero-order valence-electron chi connectivity index (χ0n) is 18.2. The van der Waals surface area contributed by atoms with Gasteiger partial charge in [-0.25, -0.2) is 4.79 Å². The number of fused-ring (bicyclic) bond motifs is 1. The summed E-state index contributed by atoms with van der Waals surface area (Å²) in [5.74, 6) is -3.57. The van der Waals surface area contributed by atoms with Gasteiger partial charge in [-0.05, 0) is 43.5 Å². The van der Waals surface area contributed by atoms with Gasteiger partial charge in [0.2, 0.25) is 0 Å². The van der Waals surface area contributed by atoms with E-state index in [1.54, 1.807) is 17.1 Å². The normalized spacial score (nSPS) is 21.5. The molecule has 0 aromatic heterocycles. The lowest BCUT2D eigenvalue weighted by Crippen LogP contribution is -2.56. The fourth-order valence-electron chi connectivity index (χ4n) is 3.83. The number of aliphatic carboxylic acids is 1. The summed E-state index contributed by atoms with van der Waals surface area (Å²) in [4.78, 5) is 35.6. The monoisotopic (exact) mass is 471 g/mol. The number of para-hydroxylation sites is 1. The van der Waals surface area contributed by atoms with Crippen molar-refractivity contribution in [3.8, 4) is 0 Å². The summed E-state index contributed by atoms with van der Waals surface area (Å²) in [6.45, 7) is 4.29. The van der Waals surface area contributed by atoms with Crippen molar-refractivity contribution in [3.05, 3.63) is 42.0 Å². The number of carboxylic acids is 1. The molecule has 2 atom stereocenters. The molecular formula is C22H28F3N3O5. The highest BCUT2D eigenvalue weighted by atomic mass is 19.4. The number of ether oxygens (including phenoxy) is 1. The van der Waals surface area contributed by atoms with Crippen molar-refractivity contribution in [1.82, 2.24) is 5.32 Å². The van der Waals surface area contributed by atoms with E-state index in [0.717, 1.165) is 25.1 Å². The molecule has 2 amide bonds. The molecule has 11 heteroatoms. The Bertz CT molecular complexity index is 880. The van der Waals surface area contributed by atoms with Gasteiger partial charge in [0.1, 0.15) is 0 Å². The average Bonchev–Trinajstić information content (AvgIpc) is 3.03. The van der Waals surface area contributed by atoms with Crippen LogP contribution in [0.4, 0.5) is 18.9 Å². The van der Waals surface area contributed by atoms with E-state index in [-0.39, 0.29) is 11.8 Å². The average molecular weight is 471 g/mol. The molecule has 0 bridgehead atoms. The molecule has 4 N–H and O–H groups in total. The maximum atomic E-state index is 12.7. The topological polar surface area (TPSA) is 122 Å². The second kappa shape index (κ2) is 11.3. The standard InChI is InChI=1S/C20H27N3O3.C2HF3O2/c1-2-16(20(19(21)25)14-22-11-5-13-26-20)8-9-18(24)23-12-10-15-6-3-4-7-17(15)23;3-2(4,5)1(6)7/h3-4,6-9,16,22H,2,5,10-14H2,1H3,(H2,21,25);(H,6,7)/b9-8+;/t16-,20+;/m0./s1. The van der Waals surface area contributed by atoms with Gasteiger partial charge >= 0.3 is 12.1 Å². The maximum absolute atomic E-state index is 12.7. The Morgan fingerprint density at radius 1 is 1.33 bits per heavy atom. The van der Waals surface area contributed by atoms with Crippen molar-refractivity contribution in [3.63, 3.8) is 0 Å². The molecule has 2 aliphatic heterocycles. The summed E-state index contributed by atoms with van der Waals surface area (Å²) in [5, 5.41) is 10.4. The van der Waals surface area contributed by atoms with E-state index in [4.69, 9.17) is 20.4 Å². The number of benzene rings is 1. The Morgan fingerprint density at radius 3 is 2.61 bits per heavy atom. The summed E-state index contributed by atoms with van der Waals surface area (Å²) < 4.78 is 37.6. The van der Waals surface area contributed by atoms with E-state index in [1.807, 2.05) is 31.2 Å². The quantitative estimate of drug-likeness (QED) is 0.565. The van der Waals surface area contributed by atoms with Crippen LogP contribution in [0.2, 0.25) is 0 Å². The Balaban J connectivity index is 0.000000479. The highest BCUT2D eigenvalue weighted by molar-refractivity contribution is 6.03. The van der Waals surface area contributed by atoms with Crippen molar-refractivity contribution in [1.29, 1.82) is 0 Å². The maximum Gasteiger partial charge on any atom is 0.490 e. The van der Waals surface area contributed by atoms with Crippen LogP contribution in [0, 0.1) is 5.92 Å². The Morgan fingerprint density at radius 2 is 2.00 bits per heavy atom. The number of primary amides is 1. The molecule has 1 aromatic carbocycles. The van der Waals surface area contributed by atoms with Crippen molar-refractivity contribution >= 4 is 23.5 Å². The molecule has 0 unspecified atom stereocenters. The van der Waals surface area contributed by atoms with E-state index >= 15 is 0 Å². The molecule has 33 heavy (non-hydrogen) atoms. The minimum absolute atomic E-state index is 0.0744. The van der Waals surface area contributed by atoms with Crippen LogP contribution in [0.5, 0.6) is 0 Å². The number of halogens is 3. The first-order valence-corrected chi connectivity index (χ1v) is 10.5. The molecule has 0 radical (unpaired) electrons. The SMILES string of the molecule is CC[C@@H](/C=C/C(=O)N1CCc2ccccc21)[C@@]1(C(N)=O)CNCCCO1.O=C(O)C(F)(F)F. The number of nitrogens with zero attached hydrogens (tertiary/aromatic N) is 1. The number of carbonyl (C=O) groups excluding carboxylic acids is 2. The summed E-state index contributed by atoms with van der Waals surface area (Å²) >= 11 is 0. The highest BCUT2D eigenvalue weighted by Crippen LogP contribution is 2.30. The van der Waals surface area contributed by atoms with Crippen LogP contribution in [0.15, 0.2) is 36.4 Å². The summed E-state index contributed by atoms with van der Waals surface area (Å²) in [7, 11) is 0. The number of carboxylic acid groups (broad SMARTS) is 1. The van der Waals surface area contributed by atoms with Gasteiger partial charge in [-0.15, -0.1) is 0 Å². The zero-order valence-corrected chi connectivity index (χ0v) is 18.2. The second-order valence-corrected chi connectivity index (χ2v) is 7.68. The summed E-state index contributed by atoms with van der Waals surface area (Å²) in [5.41, 5.74) is 6.75. The van der Waals surface area contributed by atoms with Gasteiger partial charge in [-0.2, -0.15) is 13.2 Å². The first-order valence-electron chi connectivity index (χ1n) is 10.5. The molecular weight excluding hydrogens is 443 g/mol. The predicted molar refractivity (Wildman–Crippen MR) is 114 cm³/mol. The fourth-order valence-corrected chi connectivity index (χ4v) is 3.83. The molecule has 8 nitrogen and oxygen atoms in total. The van der Waals surface area contributed by atoms with Gasteiger partial charge in [0.15, 0.2) is 5.60 Å². The Hall–Kier alpha value is -2.92. The number of rotatable bonds is 5. The van der Waals surface area contributed by atoms with Gasteiger partial charge < -0.3 is 25.8 Å². The third-order valence-electron chi connectivity index (χ3n) is 5.57. The molecule has 2 aliphatic rings. The molecule has 182 valence electrons. The lowest BCUT2D eigenvalue weighted by atomic mass is 9.83. The van der Waals surface area contributed by atoms with Crippen LogP contribution < -0.4 is 16.0 Å². The van der Waals surface area contributed by atoms with Gasteiger partial charge in [0, 0.05) is 31.3 Å². The van der Waals surface area contributed by atoms with Crippen LogP contribution in [0.1, 0.15) is 25.3 Å². The van der Waals surface area contributed by atoms with E-state index in [1.165, 1.54) is 5.56 Å².